The molecule has 2 N–H and O–H groups in total. The highest BCUT2D eigenvalue weighted by Crippen LogP contribution is 2.34. The number of aryl methyl sites for hydroxylation is 2. The average Bonchev–Trinajstić information content (AvgIpc) is 2.89. The van der Waals surface area contributed by atoms with Crippen molar-refractivity contribution in [1.29, 1.82) is 0 Å². The van der Waals surface area contributed by atoms with Crippen LogP contribution in [0.5, 0.6) is 0 Å². The summed E-state index contributed by atoms with van der Waals surface area (Å²) in [5.74, 6) is -0.554. The van der Waals surface area contributed by atoms with E-state index in [9.17, 15) is 14.4 Å². The molecule has 2 rings (SSSR count). The molecule has 0 aromatic heterocycles. The van der Waals surface area contributed by atoms with Gasteiger partial charge in [-0.15, -0.1) is 0 Å². The Labute approximate surface area is 247 Å². The third-order valence-corrected chi connectivity index (χ3v) is 7.34. The van der Waals surface area contributed by atoms with Crippen LogP contribution in [0.2, 0.25) is 0 Å². The summed E-state index contributed by atoms with van der Waals surface area (Å²) < 4.78 is 5.55. The standard InChI is InChI=1S/C34H51N3O4/c1-10-12-16-21-35-30(38)29(27-22-24(3)19-20-25(27)4)37(34(8,9)11-2)31(39)28(23-26-17-14-13-15-18-26)36-32(40)41-33(5,6)7/h13-15,17-20,22,28-29H,10-12,16,21,23H2,1-9H3,(H,35,38)(H,36,40). The quantitative estimate of drug-likeness (QED) is 0.261. The maximum atomic E-state index is 14.7. The van der Waals surface area contributed by atoms with Crippen LogP contribution in [-0.2, 0) is 20.7 Å². The van der Waals surface area contributed by atoms with Gasteiger partial charge in [0, 0.05) is 18.5 Å². The Balaban J connectivity index is 2.65. The lowest BCUT2D eigenvalue weighted by atomic mass is 9.89. The van der Waals surface area contributed by atoms with Crippen molar-refractivity contribution in [1.82, 2.24) is 15.5 Å². The number of unbranched alkanes of at least 4 members (excludes halogenated alkanes) is 2. The summed E-state index contributed by atoms with van der Waals surface area (Å²) in [6, 6.07) is 13.7. The maximum absolute atomic E-state index is 14.7. The van der Waals surface area contributed by atoms with Gasteiger partial charge in [-0.25, -0.2) is 4.79 Å². The zero-order chi connectivity index (χ0) is 30.8. The Hall–Kier alpha value is -3.35. The van der Waals surface area contributed by atoms with Gasteiger partial charge >= 0.3 is 6.09 Å². The van der Waals surface area contributed by atoms with Crippen molar-refractivity contribution < 1.29 is 19.1 Å². The lowest BCUT2D eigenvalue weighted by Gasteiger charge is -2.45. The summed E-state index contributed by atoms with van der Waals surface area (Å²) in [6.45, 7) is 17.9. The van der Waals surface area contributed by atoms with Crippen LogP contribution in [0.1, 0.15) is 102 Å². The van der Waals surface area contributed by atoms with E-state index in [0.29, 0.717) is 13.0 Å². The molecule has 7 nitrogen and oxygen atoms in total. The zero-order valence-corrected chi connectivity index (χ0v) is 26.6. The smallest absolute Gasteiger partial charge is 0.408 e. The van der Waals surface area contributed by atoms with E-state index in [1.54, 1.807) is 25.7 Å². The SMILES string of the molecule is CCCCCNC(=O)C(c1cc(C)ccc1C)N(C(=O)C(Cc1ccccc1)NC(=O)OC(C)(C)C)C(C)(C)CC. The molecule has 0 spiro atoms. The van der Waals surface area contributed by atoms with E-state index in [2.05, 4.69) is 17.6 Å². The van der Waals surface area contributed by atoms with E-state index >= 15 is 0 Å². The summed E-state index contributed by atoms with van der Waals surface area (Å²) in [5, 5.41) is 5.96. The maximum Gasteiger partial charge on any atom is 0.408 e. The van der Waals surface area contributed by atoms with Gasteiger partial charge in [-0.3, -0.25) is 9.59 Å². The first-order valence-corrected chi connectivity index (χ1v) is 14.9. The Kier molecular flexibility index (Phi) is 12.4. The summed E-state index contributed by atoms with van der Waals surface area (Å²) >= 11 is 0. The number of nitrogens with zero attached hydrogens (tertiary/aromatic N) is 1. The second-order valence-corrected chi connectivity index (χ2v) is 12.5. The van der Waals surface area contributed by atoms with Crippen LogP contribution in [0, 0.1) is 13.8 Å². The second kappa shape index (κ2) is 15.0. The molecule has 0 fully saturated rings. The molecule has 41 heavy (non-hydrogen) atoms. The number of nitrogens with one attached hydrogen (secondary N) is 2. The van der Waals surface area contributed by atoms with E-state index in [4.69, 9.17) is 4.74 Å². The Morgan fingerprint density at radius 1 is 0.927 bits per heavy atom. The van der Waals surface area contributed by atoms with Gasteiger partial charge < -0.3 is 20.3 Å². The molecule has 0 aliphatic heterocycles. The van der Waals surface area contributed by atoms with Gasteiger partial charge in [-0.2, -0.15) is 0 Å². The fourth-order valence-corrected chi connectivity index (χ4v) is 4.75. The number of amides is 3. The number of ether oxygens (including phenoxy) is 1. The van der Waals surface area contributed by atoms with Crippen molar-refractivity contribution in [3.63, 3.8) is 0 Å². The minimum Gasteiger partial charge on any atom is -0.444 e. The van der Waals surface area contributed by atoms with Gasteiger partial charge in [0.05, 0.1) is 0 Å². The molecule has 2 aromatic rings. The van der Waals surface area contributed by atoms with Crippen molar-refractivity contribution in [2.24, 2.45) is 0 Å². The van der Waals surface area contributed by atoms with E-state index in [0.717, 1.165) is 41.5 Å². The van der Waals surface area contributed by atoms with Crippen LogP contribution in [-0.4, -0.2) is 46.5 Å². The molecule has 2 aromatic carbocycles. The zero-order valence-electron chi connectivity index (χ0n) is 26.6. The topological polar surface area (TPSA) is 87.7 Å². The van der Waals surface area contributed by atoms with Crippen molar-refractivity contribution in [2.75, 3.05) is 6.54 Å². The number of hydrogen-bond donors (Lipinski definition) is 2. The van der Waals surface area contributed by atoms with Crippen molar-refractivity contribution in [3.05, 3.63) is 70.8 Å². The van der Waals surface area contributed by atoms with Crippen molar-refractivity contribution >= 4 is 17.9 Å². The highest BCUT2D eigenvalue weighted by molar-refractivity contribution is 5.93. The minimum absolute atomic E-state index is 0.222. The van der Waals surface area contributed by atoms with E-state index in [1.807, 2.05) is 83.1 Å². The Bertz CT molecular complexity index is 1150. The number of rotatable bonds is 13. The Morgan fingerprint density at radius 2 is 1.59 bits per heavy atom. The van der Waals surface area contributed by atoms with E-state index < -0.39 is 29.3 Å². The molecule has 0 aliphatic carbocycles. The van der Waals surface area contributed by atoms with Crippen LogP contribution in [0.4, 0.5) is 4.79 Å². The van der Waals surface area contributed by atoms with Gasteiger partial charge in [-0.1, -0.05) is 80.8 Å². The monoisotopic (exact) mass is 565 g/mol. The van der Waals surface area contributed by atoms with Gasteiger partial charge in [0.1, 0.15) is 17.7 Å². The molecule has 0 aliphatic rings. The third kappa shape index (κ3) is 10.2. The fraction of sp³-hybridized carbons (Fsp3) is 0.559. The summed E-state index contributed by atoms with van der Waals surface area (Å²) in [6.07, 6.45) is 3.11. The van der Waals surface area contributed by atoms with E-state index in [1.165, 1.54) is 0 Å². The molecular formula is C34H51N3O4. The normalized spacial score (nSPS) is 13.2. The van der Waals surface area contributed by atoms with Crippen molar-refractivity contribution in [2.45, 2.75) is 118 Å². The lowest BCUT2D eigenvalue weighted by Crippen LogP contribution is -2.60. The van der Waals surface area contributed by atoms with Crippen molar-refractivity contribution in [3.8, 4) is 0 Å². The first-order chi connectivity index (χ1) is 19.2. The third-order valence-electron chi connectivity index (χ3n) is 7.34. The van der Waals surface area contributed by atoms with E-state index in [-0.39, 0.29) is 18.2 Å². The molecular weight excluding hydrogens is 514 g/mol. The number of hydrogen-bond acceptors (Lipinski definition) is 4. The van der Waals surface area contributed by atoms with Gasteiger partial charge in [-0.05, 0) is 78.0 Å². The first kappa shape index (κ1) is 33.9. The summed E-state index contributed by atoms with van der Waals surface area (Å²) in [4.78, 5) is 43.5. The van der Waals surface area contributed by atoms with Crippen LogP contribution in [0.25, 0.3) is 0 Å². The predicted octanol–water partition coefficient (Wildman–Crippen LogP) is 6.80. The average molecular weight is 566 g/mol. The Morgan fingerprint density at radius 3 is 2.17 bits per heavy atom. The highest BCUT2D eigenvalue weighted by Gasteiger charge is 2.43. The van der Waals surface area contributed by atoms with Gasteiger partial charge in [0.25, 0.3) is 0 Å². The van der Waals surface area contributed by atoms with Crippen LogP contribution in [0.3, 0.4) is 0 Å². The number of alkyl carbamates (subject to hydrolysis) is 1. The lowest BCUT2D eigenvalue weighted by molar-refractivity contribution is -0.149. The van der Waals surface area contributed by atoms with Gasteiger partial charge in [0.2, 0.25) is 11.8 Å². The summed E-state index contributed by atoms with van der Waals surface area (Å²) in [5.41, 5.74) is 2.17. The number of carbonyl (C=O) groups excluding carboxylic acids is 3. The molecule has 7 heteroatoms. The molecule has 0 saturated carbocycles. The molecule has 2 atom stereocenters. The van der Waals surface area contributed by atoms with Crippen LogP contribution < -0.4 is 10.6 Å². The van der Waals surface area contributed by atoms with Gasteiger partial charge in [0.15, 0.2) is 0 Å². The number of carbonyl (C=O) groups is 3. The largest absolute Gasteiger partial charge is 0.444 e. The molecule has 0 bridgehead atoms. The highest BCUT2D eigenvalue weighted by atomic mass is 16.6. The molecule has 3 amide bonds. The van der Waals surface area contributed by atoms with Crippen LogP contribution >= 0.6 is 0 Å². The molecule has 0 radical (unpaired) electrons. The predicted molar refractivity (Wildman–Crippen MR) is 166 cm³/mol. The summed E-state index contributed by atoms with van der Waals surface area (Å²) in [7, 11) is 0. The molecule has 0 saturated heterocycles. The molecule has 226 valence electrons. The molecule has 0 heterocycles. The van der Waals surface area contributed by atoms with Crippen LogP contribution in [0.15, 0.2) is 48.5 Å². The molecule has 2 unspecified atom stereocenters. The fourth-order valence-electron chi connectivity index (χ4n) is 4.75. The second-order valence-electron chi connectivity index (χ2n) is 12.5. The minimum atomic E-state index is -0.946. The number of benzene rings is 2. The first-order valence-electron chi connectivity index (χ1n) is 14.9.